The molecule has 3 unspecified atom stereocenters. The number of piperidine rings is 1. The number of amides is 1. The van der Waals surface area contributed by atoms with Crippen LogP contribution in [-0.2, 0) is 4.79 Å². The van der Waals surface area contributed by atoms with Crippen molar-refractivity contribution in [3.8, 4) is 0 Å². The summed E-state index contributed by atoms with van der Waals surface area (Å²) >= 11 is 0. The molecule has 2 heteroatoms. The Balaban J connectivity index is 2.18. The number of rotatable bonds is 0. The fraction of sp³-hybridized carbons (Fsp3) is 0.833. The quantitative estimate of drug-likeness (QED) is 0.468. The van der Waals surface area contributed by atoms with Crippen LogP contribution in [0.15, 0.2) is 0 Å². The van der Waals surface area contributed by atoms with Gasteiger partial charge in [0.1, 0.15) is 0 Å². The van der Waals surface area contributed by atoms with Crippen molar-refractivity contribution in [2.45, 2.75) is 6.92 Å². The molecule has 0 spiro atoms. The summed E-state index contributed by atoms with van der Waals surface area (Å²) in [7, 11) is 0. The topological polar surface area (TPSA) is 29.1 Å². The van der Waals surface area contributed by atoms with E-state index < -0.39 is 0 Å². The first-order valence-electron chi connectivity index (χ1n) is 3.08. The van der Waals surface area contributed by atoms with Crippen LogP contribution < -0.4 is 5.32 Å². The lowest BCUT2D eigenvalue weighted by Gasteiger charge is -1.94. The van der Waals surface area contributed by atoms with Gasteiger partial charge in [-0.25, -0.2) is 0 Å². The zero-order chi connectivity index (χ0) is 5.72. The molecule has 1 aliphatic carbocycles. The van der Waals surface area contributed by atoms with Gasteiger partial charge in [0.2, 0.25) is 5.91 Å². The smallest absolute Gasteiger partial charge is 0.223 e. The molecule has 0 aromatic carbocycles. The van der Waals surface area contributed by atoms with Crippen molar-refractivity contribution in [3.63, 3.8) is 0 Å². The van der Waals surface area contributed by atoms with Crippen LogP contribution in [0, 0.1) is 17.8 Å². The van der Waals surface area contributed by atoms with Gasteiger partial charge in [-0.1, -0.05) is 6.92 Å². The minimum atomic E-state index is 0.280. The Morgan fingerprint density at radius 3 is 2.75 bits per heavy atom. The van der Waals surface area contributed by atoms with E-state index >= 15 is 0 Å². The Morgan fingerprint density at radius 2 is 2.50 bits per heavy atom. The number of carbonyl (C=O) groups excluding carboxylic acids is 1. The lowest BCUT2D eigenvalue weighted by molar-refractivity contribution is -0.121. The monoisotopic (exact) mass is 111 g/mol. The summed E-state index contributed by atoms with van der Waals surface area (Å²) in [5.41, 5.74) is 0. The summed E-state index contributed by atoms with van der Waals surface area (Å²) in [6.45, 7) is 3.08. The van der Waals surface area contributed by atoms with Crippen molar-refractivity contribution in [1.29, 1.82) is 0 Å². The van der Waals surface area contributed by atoms with Gasteiger partial charge in [-0.05, 0) is 11.8 Å². The molecule has 1 saturated carbocycles. The molecule has 44 valence electrons. The highest BCUT2D eigenvalue weighted by Gasteiger charge is 2.55. The van der Waals surface area contributed by atoms with Crippen molar-refractivity contribution in [1.82, 2.24) is 5.32 Å². The Bertz CT molecular complexity index is 143. The van der Waals surface area contributed by atoms with Gasteiger partial charge in [-0.2, -0.15) is 0 Å². The molecule has 2 aliphatic rings. The van der Waals surface area contributed by atoms with Crippen molar-refractivity contribution in [2.24, 2.45) is 17.8 Å². The normalized spacial score (nSPS) is 50.6. The third kappa shape index (κ3) is 0.320. The van der Waals surface area contributed by atoms with Gasteiger partial charge < -0.3 is 5.32 Å². The Morgan fingerprint density at radius 1 is 1.75 bits per heavy atom. The zero-order valence-corrected chi connectivity index (χ0v) is 4.85. The molecule has 0 aromatic heterocycles. The maximum Gasteiger partial charge on any atom is 0.223 e. The summed E-state index contributed by atoms with van der Waals surface area (Å²) in [6, 6.07) is 0. The molecular formula is C6H9NO. The van der Waals surface area contributed by atoms with Crippen LogP contribution in [0.1, 0.15) is 6.92 Å². The molecule has 0 aromatic rings. The van der Waals surface area contributed by atoms with E-state index in [0.29, 0.717) is 17.8 Å². The predicted octanol–water partition coefficient (Wildman–Crippen LogP) is -0.00170. The van der Waals surface area contributed by atoms with Gasteiger partial charge in [0.25, 0.3) is 0 Å². The summed E-state index contributed by atoms with van der Waals surface area (Å²) in [6.07, 6.45) is 0. The standard InChI is InChI=1S/C6H9NO/c1-3-4-2-7-6(8)5(3)4/h3-5H,2H2,1H3,(H,7,8). The second kappa shape index (κ2) is 1.07. The summed E-state index contributed by atoms with van der Waals surface area (Å²) < 4.78 is 0. The minimum Gasteiger partial charge on any atom is -0.356 e. The maximum atomic E-state index is 10.7. The summed E-state index contributed by atoms with van der Waals surface area (Å²) in [4.78, 5) is 10.7. The molecular weight excluding hydrogens is 102 g/mol. The molecule has 2 rings (SSSR count). The Kier molecular flexibility index (Phi) is 0.581. The number of nitrogens with one attached hydrogen (secondary N) is 1. The third-order valence-electron chi connectivity index (χ3n) is 2.38. The van der Waals surface area contributed by atoms with E-state index in [9.17, 15) is 4.79 Å². The molecule has 1 heterocycles. The van der Waals surface area contributed by atoms with E-state index in [2.05, 4.69) is 12.2 Å². The lowest BCUT2D eigenvalue weighted by atomic mass is 10.3. The summed E-state index contributed by atoms with van der Waals surface area (Å²) in [5.74, 6) is 2.06. The average Bonchev–Trinajstić information content (AvgIpc) is 2.13. The van der Waals surface area contributed by atoms with Gasteiger partial charge in [-0.3, -0.25) is 4.79 Å². The van der Waals surface area contributed by atoms with Crippen LogP contribution in [0.25, 0.3) is 0 Å². The van der Waals surface area contributed by atoms with Gasteiger partial charge in [0.05, 0.1) is 0 Å². The molecule has 8 heavy (non-hydrogen) atoms. The SMILES string of the molecule is CC1C2CNC(=O)C12. The van der Waals surface area contributed by atoms with Crippen LogP contribution >= 0.6 is 0 Å². The van der Waals surface area contributed by atoms with Gasteiger partial charge in [0, 0.05) is 12.5 Å². The van der Waals surface area contributed by atoms with Gasteiger partial charge in [0.15, 0.2) is 0 Å². The molecule has 2 fully saturated rings. The molecule has 1 amide bonds. The number of hydrogen-bond acceptors (Lipinski definition) is 1. The van der Waals surface area contributed by atoms with Crippen molar-refractivity contribution < 1.29 is 4.79 Å². The van der Waals surface area contributed by atoms with E-state index in [1.54, 1.807) is 0 Å². The zero-order valence-electron chi connectivity index (χ0n) is 4.85. The molecule has 1 saturated heterocycles. The Labute approximate surface area is 48.3 Å². The second-order valence-electron chi connectivity index (χ2n) is 2.79. The number of carbonyl (C=O) groups is 1. The summed E-state index contributed by atoms with van der Waals surface area (Å²) in [5, 5.41) is 2.81. The maximum absolute atomic E-state index is 10.7. The van der Waals surface area contributed by atoms with Crippen LogP contribution in [0.3, 0.4) is 0 Å². The highest BCUT2D eigenvalue weighted by Crippen LogP contribution is 2.48. The van der Waals surface area contributed by atoms with E-state index in [0.717, 1.165) is 6.54 Å². The van der Waals surface area contributed by atoms with E-state index in [1.165, 1.54) is 0 Å². The fourth-order valence-corrected chi connectivity index (χ4v) is 1.63. The van der Waals surface area contributed by atoms with Crippen LogP contribution in [-0.4, -0.2) is 12.5 Å². The highest BCUT2D eigenvalue weighted by molar-refractivity contribution is 5.84. The van der Waals surface area contributed by atoms with Crippen LogP contribution in [0.5, 0.6) is 0 Å². The van der Waals surface area contributed by atoms with E-state index in [4.69, 9.17) is 0 Å². The van der Waals surface area contributed by atoms with Crippen molar-refractivity contribution in [2.75, 3.05) is 6.54 Å². The first kappa shape index (κ1) is 4.36. The number of fused-ring (bicyclic) bond motifs is 1. The lowest BCUT2D eigenvalue weighted by Crippen LogP contribution is -2.20. The third-order valence-corrected chi connectivity index (χ3v) is 2.38. The van der Waals surface area contributed by atoms with E-state index in [1.807, 2.05) is 0 Å². The van der Waals surface area contributed by atoms with Gasteiger partial charge in [-0.15, -0.1) is 0 Å². The largest absolute Gasteiger partial charge is 0.356 e. The van der Waals surface area contributed by atoms with Crippen molar-refractivity contribution >= 4 is 5.91 Å². The fourth-order valence-electron chi connectivity index (χ4n) is 1.63. The predicted molar refractivity (Wildman–Crippen MR) is 29.2 cm³/mol. The van der Waals surface area contributed by atoms with E-state index in [-0.39, 0.29) is 5.91 Å². The van der Waals surface area contributed by atoms with Crippen LogP contribution in [0.2, 0.25) is 0 Å². The molecule has 0 bridgehead atoms. The average molecular weight is 111 g/mol. The minimum absolute atomic E-state index is 0.280. The number of hydrogen-bond donors (Lipinski definition) is 1. The molecule has 2 nitrogen and oxygen atoms in total. The molecule has 3 atom stereocenters. The highest BCUT2D eigenvalue weighted by atomic mass is 16.2. The second-order valence-corrected chi connectivity index (χ2v) is 2.79. The van der Waals surface area contributed by atoms with Gasteiger partial charge >= 0.3 is 0 Å². The van der Waals surface area contributed by atoms with Crippen molar-refractivity contribution in [3.05, 3.63) is 0 Å². The first-order valence-corrected chi connectivity index (χ1v) is 3.08. The molecule has 1 N–H and O–H groups in total. The molecule has 0 radical (unpaired) electrons. The van der Waals surface area contributed by atoms with Crippen LogP contribution in [0.4, 0.5) is 0 Å². The first-order chi connectivity index (χ1) is 3.80. The molecule has 1 aliphatic heterocycles. The Hall–Kier alpha value is -0.530.